The van der Waals surface area contributed by atoms with E-state index in [0.29, 0.717) is 0 Å². The van der Waals surface area contributed by atoms with Crippen LogP contribution in [0.25, 0.3) is 28.1 Å². The molecule has 7 nitrogen and oxygen atoms in total. The van der Waals surface area contributed by atoms with E-state index in [4.69, 9.17) is 0 Å². The zero-order valence-electron chi connectivity index (χ0n) is 13.3. The van der Waals surface area contributed by atoms with Gasteiger partial charge in [0.05, 0.1) is 11.1 Å². The molecule has 0 radical (unpaired) electrons. The molecule has 0 aliphatic carbocycles. The Bertz CT molecular complexity index is 987. The van der Waals surface area contributed by atoms with Crippen molar-refractivity contribution in [2.75, 3.05) is 5.75 Å². The number of benzene rings is 1. The lowest BCUT2D eigenvalue weighted by atomic mass is 10.2. The molecule has 0 fully saturated rings. The topological polar surface area (TPSA) is 74.3 Å². The van der Waals surface area contributed by atoms with E-state index >= 15 is 0 Å². The molecule has 0 atom stereocenters. The second-order valence-corrected chi connectivity index (χ2v) is 6.43. The smallest absolute Gasteiger partial charge is 0.187 e. The van der Waals surface area contributed by atoms with Crippen LogP contribution < -0.4 is 0 Å². The SMILES string of the molecule is CCSc1ncc(-c2nccn2-c2ccc3c(c2)nnn3C)cn1. The Hall–Kier alpha value is -2.74. The largest absolute Gasteiger partial charge is 0.300 e. The number of nitrogens with zero attached hydrogens (tertiary/aromatic N) is 7. The van der Waals surface area contributed by atoms with Crippen LogP contribution in [0.5, 0.6) is 0 Å². The maximum atomic E-state index is 4.46. The molecule has 0 bridgehead atoms. The summed E-state index contributed by atoms with van der Waals surface area (Å²) in [6, 6.07) is 6.03. The van der Waals surface area contributed by atoms with Crippen molar-refractivity contribution >= 4 is 22.8 Å². The summed E-state index contributed by atoms with van der Waals surface area (Å²) < 4.78 is 3.76. The van der Waals surface area contributed by atoms with Crippen LogP contribution in [0, 0.1) is 0 Å². The molecule has 4 aromatic rings. The third-order valence-electron chi connectivity index (χ3n) is 3.67. The molecule has 0 amide bonds. The van der Waals surface area contributed by atoms with Crippen LogP contribution in [-0.4, -0.2) is 40.3 Å². The summed E-state index contributed by atoms with van der Waals surface area (Å²) in [5, 5.41) is 9.00. The maximum Gasteiger partial charge on any atom is 0.187 e. The molecule has 0 saturated heterocycles. The quantitative estimate of drug-likeness (QED) is 0.421. The Kier molecular flexibility index (Phi) is 3.73. The van der Waals surface area contributed by atoms with Crippen LogP contribution in [0.3, 0.4) is 0 Å². The van der Waals surface area contributed by atoms with Crippen LogP contribution in [0.1, 0.15) is 6.92 Å². The molecule has 0 saturated carbocycles. The molecule has 4 rings (SSSR count). The number of aryl methyl sites for hydroxylation is 1. The molecular weight excluding hydrogens is 322 g/mol. The van der Waals surface area contributed by atoms with Crippen LogP contribution in [-0.2, 0) is 7.05 Å². The summed E-state index contributed by atoms with van der Waals surface area (Å²) in [6.07, 6.45) is 7.31. The fourth-order valence-corrected chi connectivity index (χ4v) is 3.05. The van der Waals surface area contributed by atoms with E-state index < -0.39 is 0 Å². The number of aromatic nitrogens is 7. The summed E-state index contributed by atoms with van der Waals surface area (Å²) in [4.78, 5) is 13.2. The van der Waals surface area contributed by atoms with Gasteiger partial charge in [0.1, 0.15) is 11.3 Å². The van der Waals surface area contributed by atoms with E-state index in [1.165, 1.54) is 0 Å². The predicted octanol–water partition coefficient (Wildman–Crippen LogP) is 2.72. The second-order valence-electron chi connectivity index (χ2n) is 5.19. The van der Waals surface area contributed by atoms with Gasteiger partial charge in [-0.1, -0.05) is 23.9 Å². The van der Waals surface area contributed by atoms with Gasteiger partial charge in [0, 0.05) is 37.5 Å². The highest BCUT2D eigenvalue weighted by molar-refractivity contribution is 7.99. The van der Waals surface area contributed by atoms with Crippen LogP contribution >= 0.6 is 11.8 Å². The number of thioether (sulfide) groups is 1. The van der Waals surface area contributed by atoms with Gasteiger partial charge in [-0.25, -0.2) is 19.6 Å². The first-order valence-corrected chi connectivity index (χ1v) is 8.53. The standard InChI is InChI=1S/C16H15N7S/c1-3-24-16-18-9-11(10-19-16)15-17-6-7-23(15)12-4-5-14-13(8-12)20-21-22(14)2/h4-10H,3H2,1-2H3. The van der Waals surface area contributed by atoms with Crippen molar-refractivity contribution in [3.8, 4) is 17.1 Å². The summed E-state index contributed by atoms with van der Waals surface area (Å²) >= 11 is 1.62. The minimum absolute atomic E-state index is 0.778. The highest BCUT2D eigenvalue weighted by atomic mass is 32.2. The van der Waals surface area contributed by atoms with E-state index in [-0.39, 0.29) is 0 Å². The van der Waals surface area contributed by atoms with Gasteiger partial charge in [-0.2, -0.15) is 0 Å². The third kappa shape index (κ3) is 2.54. The van der Waals surface area contributed by atoms with Crippen LogP contribution in [0.2, 0.25) is 0 Å². The van der Waals surface area contributed by atoms with E-state index in [0.717, 1.165) is 39.0 Å². The van der Waals surface area contributed by atoms with Crippen molar-refractivity contribution in [2.24, 2.45) is 7.05 Å². The summed E-state index contributed by atoms with van der Waals surface area (Å²) in [5.74, 6) is 1.75. The fraction of sp³-hybridized carbons (Fsp3) is 0.188. The van der Waals surface area contributed by atoms with E-state index in [9.17, 15) is 0 Å². The molecule has 1 aromatic carbocycles. The molecule has 8 heteroatoms. The van der Waals surface area contributed by atoms with Gasteiger partial charge < -0.3 is 0 Å². The normalized spacial score (nSPS) is 11.2. The van der Waals surface area contributed by atoms with E-state index in [2.05, 4.69) is 32.2 Å². The van der Waals surface area contributed by atoms with E-state index in [1.807, 2.05) is 48.4 Å². The maximum absolute atomic E-state index is 4.46. The lowest BCUT2D eigenvalue weighted by Crippen LogP contribution is -1.98. The lowest BCUT2D eigenvalue weighted by Gasteiger charge is -2.08. The molecule has 0 aliphatic rings. The molecule has 0 unspecified atom stereocenters. The van der Waals surface area contributed by atoms with Gasteiger partial charge in [0.25, 0.3) is 0 Å². The highest BCUT2D eigenvalue weighted by Crippen LogP contribution is 2.23. The Morgan fingerprint density at radius 2 is 1.96 bits per heavy atom. The Labute approximate surface area is 142 Å². The summed E-state index contributed by atoms with van der Waals surface area (Å²) in [7, 11) is 1.88. The molecule has 3 aromatic heterocycles. The van der Waals surface area contributed by atoms with Gasteiger partial charge in [0.2, 0.25) is 0 Å². The van der Waals surface area contributed by atoms with Crippen LogP contribution in [0.4, 0.5) is 0 Å². The van der Waals surface area contributed by atoms with Crippen molar-refractivity contribution < 1.29 is 0 Å². The first-order valence-electron chi connectivity index (χ1n) is 7.54. The van der Waals surface area contributed by atoms with Gasteiger partial charge in [-0.05, 0) is 24.0 Å². The fourth-order valence-electron chi connectivity index (χ4n) is 2.54. The first-order chi connectivity index (χ1) is 11.8. The molecule has 24 heavy (non-hydrogen) atoms. The van der Waals surface area contributed by atoms with Crippen LogP contribution in [0.15, 0.2) is 48.1 Å². The third-order valence-corrected chi connectivity index (χ3v) is 4.43. The number of rotatable bonds is 4. The summed E-state index contributed by atoms with van der Waals surface area (Å²) in [6.45, 7) is 2.08. The number of hydrogen-bond acceptors (Lipinski definition) is 6. The number of fused-ring (bicyclic) bond motifs is 1. The van der Waals surface area contributed by atoms with Gasteiger partial charge in [-0.3, -0.25) is 4.57 Å². The van der Waals surface area contributed by atoms with E-state index in [1.54, 1.807) is 22.6 Å². The minimum Gasteiger partial charge on any atom is -0.300 e. The Morgan fingerprint density at radius 1 is 1.12 bits per heavy atom. The molecule has 3 heterocycles. The summed E-state index contributed by atoms with van der Waals surface area (Å²) in [5.41, 5.74) is 3.69. The molecule has 0 spiro atoms. The van der Waals surface area contributed by atoms with Crippen molar-refractivity contribution in [1.29, 1.82) is 0 Å². The number of imidazole rings is 1. The molecular formula is C16H15N7S. The van der Waals surface area contributed by atoms with Gasteiger partial charge >= 0.3 is 0 Å². The molecule has 0 aliphatic heterocycles. The van der Waals surface area contributed by atoms with Crippen molar-refractivity contribution in [2.45, 2.75) is 12.1 Å². The average molecular weight is 337 g/mol. The lowest BCUT2D eigenvalue weighted by molar-refractivity contribution is 0.736. The Balaban J connectivity index is 1.75. The Morgan fingerprint density at radius 3 is 2.75 bits per heavy atom. The van der Waals surface area contributed by atoms with Crippen molar-refractivity contribution in [3.05, 3.63) is 43.0 Å². The molecule has 0 N–H and O–H groups in total. The zero-order chi connectivity index (χ0) is 16.5. The predicted molar refractivity (Wildman–Crippen MR) is 93.1 cm³/mol. The zero-order valence-corrected chi connectivity index (χ0v) is 14.1. The van der Waals surface area contributed by atoms with Gasteiger partial charge in [-0.15, -0.1) is 5.10 Å². The first kappa shape index (κ1) is 14.8. The van der Waals surface area contributed by atoms with Gasteiger partial charge in [0.15, 0.2) is 5.16 Å². The average Bonchev–Trinajstić information content (AvgIpc) is 3.23. The highest BCUT2D eigenvalue weighted by Gasteiger charge is 2.11. The minimum atomic E-state index is 0.778. The van der Waals surface area contributed by atoms with Crippen molar-refractivity contribution in [1.82, 2.24) is 34.5 Å². The second kappa shape index (κ2) is 6.04. The monoisotopic (exact) mass is 337 g/mol. The number of hydrogen-bond donors (Lipinski definition) is 0. The van der Waals surface area contributed by atoms with Crippen molar-refractivity contribution in [3.63, 3.8) is 0 Å². The molecule has 120 valence electrons.